The van der Waals surface area contributed by atoms with Gasteiger partial charge in [0.25, 0.3) is 0 Å². The summed E-state index contributed by atoms with van der Waals surface area (Å²) in [5.41, 5.74) is 2.34. The van der Waals surface area contributed by atoms with E-state index in [9.17, 15) is 4.79 Å². The Labute approximate surface area is 122 Å². The minimum atomic E-state index is -1.07. The first-order valence-electron chi connectivity index (χ1n) is 6.19. The Morgan fingerprint density at radius 2 is 2.00 bits per heavy atom. The third-order valence-electron chi connectivity index (χ3n) is 3.03. The van der Waals surface area contributed by atoms with Crippen molar-refractivity contribution in [1.82, 2.24) is 4.98 Å². The SMILES string of the molecule is Cc1ccc(C(C)Nc2cc(C(=O)O)c(Cl)cn2)cc1. The molecule has 1 aromatic carbocycles. The van der Waals surface area contributed by atoms with Gasteiger partial charge in [0.05, 0.1) is 10.6 Å². The normalized spacial score (nSPS) is 11.9. The number of halogens is 1. The second-order valence-electron chi connectivity index (χ2n) is 4.63. The quantitative estimate of drug-likeness (QED) is 0.896. The number of benzene rings is 1. The van der Waals surface area contributed by atoms with Crippen LogP contribution >= 0.6 is 11.6 Å². The molecule has 2 N–H and O–H groups in total. The highest BCUT2D eigenvalue weighted by Crippen LogP contribution is 2.22. The van der Waals surface area contributed by atoms with Gasteiger partial charge in [-0.05, 0) is 25.5 Å². The van der Waals surface area contributed by atoms with Gasteiger partial charge in [0.2, 0.25) is 0 Å². The summed E-state index contributed by atoms with van der Waals surface area (Å²) >= 11 is 5.79. The van der Waals surface area contributed by atoms with Crippen molar-refractivity contribution >= 4 is 23.4 Å². The van der Waals surface area contributed by atoms with E-state index in [-0.39, 0.29) is 16.6 Å². The summed E-state index contributed by atoms with van der Waals surface area (Å²) in [6, 6.07) is 9.58. The molecular weight excluding hydrogens is 276 g/mol. The average Bonchev–Trinajstić information content (AvgIpc) is 2.41. The number of aromatic nitrogens is 1. The topological polar surface area (TPSA) is 62.2 Å². The molecule has 0 aliphatic rings. The molecule has 1 atom stereocenters. The molecule has 5 heteroatoms. The molecule has 20 heavy (non-hydrogen) atoms. The smallest absolute Gasteiger partial charge is 0.337 e. The second kappa shape index (κ2) is 5.92. The molecule has 0 radical (unpaired) electrons. The van der Waals surface area contributed by atoms with Crippen molar-refractivity contribution in [3.8, 4) is 0 Å². The van der Waals surface area contributed by atoms with E-state index < -0.39 is 5.97 Å². The molecule has 0 saturated heterocycles. The van der Waals surface area contributed by atoms with E-state index in [0.717, 1.165) is 5.56 Å². The summed E-state index contributed by atoms with van der Waals surface area (Å²) in [4.78, 5) is 15.1. The predicted octanol–water partition coefficient (Wildman–Crippen LogP) is 3.91. The molecular formula is C15H15ClN2O2. The maximum absolute atomic E-state index is 11.0. The van der Waals surface area contributed by atoms with Crippen molar-refractivity contribution in [3.05, 3.63) is 58.2 Å². The van der Waals surface area contributed by atoms with E-state index in [2.05, 4.69) is 10.3 Å². The van der Waals surface area contributed by atoms with Gasteiger partial charge in [-0.15, -0.1) is 0 Å². The van der Waals surface area contributed by atoms with E-state index in [4.69, 9.17) is 16.7 Å². The molecule has 1 heterocycles. The Balaban J connectivity index is 2.19. The van der Waals surface area contributed by atoms with Crippen molar-refractivity contribution in [2.75, 3.05) is 5.32 Å². The molecule has 1 unspecified atom stereocenters. The van der Waals surface area contributed by atoms with Gasteiger partial charge >= 0.3 is 5.97 Å². The molecule has 104 valence electrons. The lowest BCUT2D eigenvalue weighted by Gasteiger charge is -2.15. The maximum atomic E-state index is 11.0. The number of pyridine rings is 1. The first-order valence-corrected chi connectivity index (χ1v) is 6.57. The summed E-state index contributed by atoms with van der Waals surface area (Å²) in [5.74, 6) is -0.580. The monoisotopic (exact) mass is 290 g/mol. The van der Waals surface area contributed by atoms with Crippen LogP contribution in [0.5, 0.6) is 0 Å². The van der Waals surface area contributed by atoms with Crippen LogP contribution in [0.2, 0.25) is 5.02 Å². The average molecular weight is 291 g/mol. The van der Waals surface area contributed by atoms with Crippen molar-refractivity contribution in [1.29, 1.82) is 0 Å². The zero-order valence-corrected chi connectivity index (χ0v) is 12.0. The van der Waals surface area contributed by atoms with Crippen LogP contribution in [0.3, 0.4) is 0 Å². The molecule has 0 fully saturated rings. The number of carbonyl (C=O) groups is 1. The Morgan fingerprint density at radius 1 is 1.35 bits per heavy atom. The number of nitrogens with one attached hydrogen (secondary N) is 1. The number of hydrogen-bond acceptors (Lipinski definition) is 3. The summed E-state index contributed by atoms with van der Waals surface area (Å²) in [5, 5.41) is 12.3. The van der Waals surface area contributed by atoms with Crippen LogP contribution in [0.1, 0.15) is 34.5 Å². The Morgan fingerprint density at radius 3 is 2.60 bits per heavy atom. The number of carboxylic acid groups (broad SMARTS) is 1. The van der Waals surface area contributed by atoms with E-state index in [1.165, 1.54) is 17.8 Å². The molecule has 0 amide bonds. The van der Waals surface area contributed by atoms with E-state index in [1.54, 1.807) is 0 Å². The van der Waals surface area contributed by atoms with Crippen LogP contribution in [-0.2, 0) is 0 Å². The molecule has 0 aliphatic heterocycles. The van der Waals surface area contributed by atoms with Gasteiger partial charge in [-0.2, -0.15) is 0 Å². The highest BCUT2D eigenvalue weighted by atomic mass is 35.5. The molecule has 2 rings (SSSR count). The van der Waals surface area contributed by atoms with Crippen LogP contribution < -0.4 is 5.32 Å². The Bertz CT molecular complexity index is 626. The molecule has 0 aliphatic carbocycles. The van der Waals surface area contributed by atoms with E-state index in [1.807, 2.05) is 38.1 Å². The van der Waals surface area contributed by atoms with Crippen molar-refractivity contribution in [2.45, 2.75) is 19.9 Å². The van der Waals surface area contributed by atoms with Gasteiger partial charge in [-0.1, -0.05) is 41.4 Å². The summed E-state index contributed by atoms with van der Waals surface area (Å²) in [7, 11) is 0. The minimum absolute atomic E-state index is 0.0194. The first-order chi connectivity index (χ1) is 9.47. The van der Waals surface area contributed by atoms with Crippen molar-refractivity contribution in [2.24, 2.45) is 0 Å². The fourth-order valence-electron chi connectivity index (χ4n) is 1.84. The standard InChI is InChI=1S/C15H15ClN2O2/c1-9-3-5-11(6-4-9)10(2)18-14-7-12(15(19)20)13(16)8-17-14/h3-8,10H,1-2H3,(H,17,18)(H,19,20). The predicted molar refractivity (Wildman–Crippen MR) is 79.4 cm³/mol. The van der Waals surface area contributed by atoms with Gasteiger partial charge in [0, 0.05) is 12.2 Å². The van der Waals surface area contributed by atoms with Gasteiger partial charge in [-0.25, -0.2) is 9.78 Å². The van der Waals surface area contributed by atoms with Gasteiger partial charge in [0.1, 0.15) is 5.82 Å². The molecule has 2 aromatic rings. The van der Waals surface area contributed by atoms with E-state index >= 15 is 0 Å². The number of anilines is 1. The Hall–Kier alpha value is -2.07. The zero-order valence-electron chi connectivity index (χ0n) is 11.2. The van der Waals surface area contributed by atoms with Crippen LogP contribution in [0.4, 0.5) is 5.82 Å². The number of nitrogens with zero attached hydrogens (tertiary/aromatic N) is 1. The summed E-state index contributed by atoms with van der Waals surface area (Å²) in [6.07, 6.45) is 1.34. The number of aromatic carboxylic acids is 1. The number of rotatable bonds is 4. The molecule has 1 aromatic heterocycles. The fourth-order valence-corrected chi connectivity index (χ4v) is 2.03. The molecule has 4 nitrogen and oxygen atoms in total. The van der Waals surface area contributed by atoms with Crippen molar-refractivity contribution in [3.63, 3.8) is 0 Å². The van der Waals surface area contributed by atoms with Crippen LogP contribution in [-0.4, -0.2) is 16.1 Å². The lowest BCUT2D eigenvalue weighted by molar-refractivity contribution is 0.0697. The first kappa shape index (κ1) is 14.3. The van der Waals surface area contributed by atoms with E-state index in [0.29, 0.717) is 5.82 Å². The Kier molecular flexibility index (Phi) is 4.25. The van der Waals surface area contributed by atoms with Crippen molar-refractivity contribution < 1.29 is 9.90 Å². The third-order valence-corrected chi connectivity index (χ3v) is 3.33. The molecule has 0 saturated carbocycles. The lowest BCUT2D eigenvalue weighted by Crippen LogP contribution is -2.09. The highest BCUT2D eigenvalue weighted by molar-refractivity contribution is 6.33. The zero-order chi connectivity index (χ0) is 14.7. The minimum Gasteiger partial charge on any atom is -0.478 e. The van der Waals surface area contributed by atoms with Crippen LogP contribution in [0, 0.1) is 6.92 Å². The highest BCUT2D eigenvalue weighted by Gasteiger charge is 2.12. The molecule has 0 spiro atoms. The number of hydrogen-bond donors (Lipinski definition) is 2. The summed E-state index contributed by atoms with van der Waals surface area (Å²) in [6.45, 7) is 4.02. The second-order valence-corrected chi connectivity index (χ2v) is 5.04. The van der Waals surface area contributed by atoms with Crippen LogP contribution in [0.25, 0.3) is 0 Å². The number of carboxylic acids is 1. The lowest BCUT2D eigenvalue weighted by atomic mass is 10.1. The fraction of sp³-hybridized carbons (Fsp3) is 0.200. The summed E-state index contributed by atoms with van der Waals surface area (Å²) < 4.78 is 0. The number of aryl methyl sites for hydroxylation is 1. The third kappa shape index (κ3) is 3.27. The largest absolute Gasteiger partial charge is 0.478 e. The van der Waals surface area contributed by atoms with Gasteiger partial charge in [-0.3, -0.25) is 0 Å². The maximum Gasteiger partial charge on any atom is 0.337 e. The molecule has 0 bridgehead atoms. The van der Waals surface area contributed by atoms with Gasteiger partial charge in [0.15, 0.2) is 0 Å². The van der Waals surface area contributed by atoms with Crippen LogP contribution in [0.15, 0.2) is 36.5 Å². The van der Waals surface area contributed by atoms with Gasteiger partial charge < -0.3 is 10.4 Å².